The van der Waals surface area contributed by atoms with E-state index in [1.54, 1.807) is 0 Å². The predicted octanol–water partition coefficient (Wildman–Crippen LogP) is -4.88. The van der Waals surface area contributed by atoms with Crippen molar-refractivity contribution in [1.82, 2.24) is 0 Å². The van der Waals surface area contributed by atoms with Crippen LogP contribution in [-0.2, 0) is 43.7 Å². The van der Waals surface area contributed by atoms with Gasteiger partial charge in [-0.3, -0.25) is 12.5 Å². The molecular weight excluding hydrogens is 693 g/mol. The van der Waals surface area contributed by atoms with Crippen molar-refractivity contribution in [1.29, 1.82) is 0 Å². The fourth-order valence-electron chi connectivity index (χ4n) is 10.1. The summed E-state index contributed by atoms with van der Waals surface area (Å²) in [4.78, 5) is 0. The van der Waals surface area contributed by atoms with Crippen molar-refractivity contribution >= 4 is 31.2 Å². The average Bonchev–Trinajstić information content (AvgIpc) is 3.18. The van der Waals surface area contributed by atoms with Crippen molar-refractivity contribution in [2.24, 2.45) is 58.2 Å². The summed E-state index contributed by atoms with van der Waals surface area (Å²) >= 11 is 0. The summed E-state index contributed by atoms with van der Waals surface area (Å²) in [5.41, 5.74) is -0.908. The molecule has 0 aromatic heterocycles. The van der Waals surface area contributed by atoms with E-state index >= 15 is 0 Å². The Morgan fingerprint density at radius 3 is 1.67 bits per heavy atom. The van der Waals surface area contributed by atoms with E-state index in [0.29, 0.717) is 23.7 Å². The second-order valence-electron chi connectivity index (χ2n) is 14.8. The van der Waals surface area contributed by atoms with E-state index in [1.807, 2.05) is 6.92 Å². The molecule has 4 fully saturated rings. The van der Waals surface area contributed by atoms with Gasteiger partial charge in [0.25, 0.3) is 0 Å². The molecule has 46 heavy (non-hydrogen) atoms. The number of hydrogen-bond donors (Lipinski definition) is 0. The molecule has 4 aliphatic rings. The van der Waals surface area contributed by atoms with E-state index in [4.69, 9.17) is 8.37 Å². The van der Waals surface area contributed by atoms with Gasteiger partial charge in [0.2, 0.25) is 31.2 Å². The second-order valence-corrected chi connectivity index (χ2v) is 17.8. The maximum absolute atomic E-state index is 11.9. The van der Waals surface area contributed by atoms with Gasteiger partial charge in [-0.25, -0.2) is 25.3 Å². The number of hydrogen-bond acceptors (Lipinski definition) is 12. The maximum atomic E-state index is 11.9. The third-order valence-corrected chi connectivity index (χ3v) is 13.8. The molecule has 0 bridgehead atoms. The first-order valence-electron chi connectivity index (χ1n) is 15.5. The molecule has 0 aliphatic heterocycles. The Bertz CT molecular complexity index is 1350. The van der Waals surface area contributed by atoms with E-state index in [-0.39, 0.29) is 131 Å². The first-order valence-corrected chi connectivity index (χ1v) is 19.5. The Morgan fingerprint density at radius 2 is 1.15 bits per heavy atom. The maximum Gasteiger partial charge on any atom is 1.00 e. The fraction of sp³-hybridized carbons (Fsp3) is 1.00. The Labute approximate surface area is 343 Å². The minimum Gasteiger partial charge on any atom is -0.726 e. The van der Waals surface area contributed by atoms with E-state index in [2.05, 4.69) is 38.8 Å². The van der Waals surface area contributed by atoms with Crippen molar-refractivity contribution < 1.29 is 140 Å². The molecule has 18 heteroatoms. The molecule has 4 saturated carbocycles. The minimum absolute atomic E-state index is 0. The van der Waals surface area contributed by atoms with Gasteiger partial charge in [0, 0.05) is 0 Å². The summed E-state index contributed by atoms with van der Waals surface area (Å²) in [6.07, 6.45) is 1.22. The minimum atomic E-state index is -5.34. The van der Waals surface area contributed by atoms with Crippen LogP contribution in [0.4, 0.5) is 0 Å². The van der Waals surface area contributed by atoms with Crippen molar-refractivity contribution in [2.75, 3.05) is 0 Å². The van der Waals surface area contributed by atoms with Gasteiger partial charge in [-0.05, 0) is 103 Å². The zero-order valence-electron chi connectivity index (χ0n) is 28.8. The Balaban J connectivity index is 0.00000353. The van der Waals surface area contributed by atoms with Gasteiger partial charge in [-0.15, -0.1) is 0 Å². The molecule has 0 N–H and O–H groups in total. The molecule has 12 atom stereocenters. The normalized spacial score (nSPS) is 39.0. The molecule has 2 unspecified atom stereocenters. The monoisotopic (exact) mass is 740 g/mol. The van der Waals surface area contributed by atoms with E-state index < -0.39 is 60.8 Å². The van der Waals surface area contributed by atoms with Crippen molar-refractivity contribution in [3.63, 3.8) is 0 Å². The predicted molar refractivity (Wildman–Crippen MR) is 152 cm³/mol. The molecule has 0 spiro atoms. The third kappa shape index (κ3) is 10.8. The topological polar surface area (TPSA) is 199 Å². The van der Waals surface area contributed by atoms with Crippen LogP contribution in [0.1, 0.15) is 99.3 Å². The van der Waals surface area contributed by atoms with Gasteiger partial charge in [-0.2, -0.15) is 0 Å². The standard InChI is InChI=1S/C28H50O12S3.3Na/c1-16(2)17(3)7-8-18(4)20-9-10-21-19-13-24(38-41(29,30)31)23-14-25(39-42(32,33)34)26(40-43(35,36)37)15-28(23,6)22(19)11-12-27(20,21)5;;;/h16-26H,7-15H2,1-6H3,(H,29,30,31)(H,32,33,34)(H,35,36,37);;;/q;3*+1/p-3/t17?,18-,19+,20-,21+,22+,23?,24+,25+,26+,27-,28-;;;/m1.../s1. The van der Waals surface area contributed by atoms with Crippen molar-refractivity contribution in [2.45, 2.75) is 118 Å². The molecule has 0 aromatic rings. The SMILES string of the molecule is CC(C)C(C)CC[C@@H](C)[C@H]1CC[C@H]2[C@@H]3C[C@H](OS(=O)(=O)[O-])C4C[C@H](OS(=O)(=O)[O-])[C@@H](OS(=O)(=O)[O-])C[C@]4(C)[C@H]3CC[C@]12C.[Na+].[Na+].[Na+]. The summed E-state index contributed by atoms with van der Waals surface area (Å²) < 4.78 is 120. The van der Waals surface area contributed by atoms with E-state index in [1.165, 1.54) is 0 Å². The molecular formula is C28H47Na3O12S3. The van der Waals surface area contributed by atoms with Crippen LogP contribution in [0.15, 0.2) is 0 Å². The summed E-state index contributed by atoms with van der Waals surface area (Å²) in [6.45, 7) is 13.2. The first-order chi connectivity index (χ1) is 19.5. The van der Waals surface area contributed by atoms with Gasteiger partial charge in [0.15, 0.2) is 0 Å². The third-order valence-electron chi connectivity index (χ3n) is 12.3. The van der Waals surface area contributed by atoms with Gasteiger partial charge in [0.1, 0.15) is 12.2 Å². The zero-order chi connectivity index (χ0) is 32.3. The molecule has 0 aromatic carbocycles. The quantitative estimate of drug-likeness (QED) is 0.111. The van der Waals surface area contributed by atoms with Gasteiger partial charge in [-0.1, -0.05) is 54.4 Å². The van der Waals surface area contributed by atoms with Crippen molar-refractivity contribution in [3.8, 4) is 0 Å². The summed E-state index contributed by atoms with van der Waals surface area (Å²) in [6, 6.07) is 0. The van der Waals surface area contributed by atoms with Gasteiger partial charge >= 0.3 is 88.7 Å². The van der Waals surface area contributed by atoms with Crippen LogP contribution in [-0.4, -0.2) is 57.2 Å². The van der Waals surface area contributed by atoms with Gasteiger partial charge in [0.05, 0.1) is 6.10 Å². The Hall–Kier alpha value is 2.61. The summed E-state index contributed by atoms with van der Waals surface area (Å²) in [5, 5.41) is 0. The largest absolute Gasteiger partial charge is 1.00 e. The molecule has 4 aliphatic carbocycles. The van der Waals surface area contributed by atoms with Gasteiger partial charge < -0.3 is 13.7 Å². The van der Waals surface area contributed by atoms with E-state index in [9.17, 15) is 38.9 Å². The van der Waals surface area contributed by atoms with E-state index in [0.717, 1.165) is 38.5 Å². The number of fused-ring (bicyclic) bond motifs is 5. The molecule has 0 heterocycles. The van der Waals surface area contributed by atoms with Crippen LogP contribution >= 0.6 is 0 Å². The second kappa shape index (κ2) is 17.2. The molecule has 12 nitrogen and oxygen atoms in total. The van der Waals surface area contributed by atoms with Crippen LogP contribution < -0.4 is 88.7 Å². The molecule has 0 radical (unpaired) electrons. The summed E-state index contributed by atoms with van der Waals surface area (Å²) in [5.74, 6) is 1.52. The fourth-order valence-corrected chi connectivity index (χ4v) is 11.6. The Kier molecular flexibility index (Phi) is 17.4. The smallest absolute Gasteiger partial charge is 0.726 e. The van der Waals surface area contributed by atoms with Crippen LogP contribution in [0, 0.1) is 58.2 Å². The van der Waals surface area contributed by atoms with Crippen LogP contribution in [0.25, 0.3) is 0 Å². The van der Waals surface area contributed by atoms with Crippen LogP contribution in [0.3, 0.4) is 0 Å². The number of rotatable bonds is 11. The molecule has 252 valence electrons. The average molecular weight is 741 g/mol. The molecule has 0 amide bonds. The summed E-state index contributed by atoms with van der Waals surface area (Å²) in [7, 11) is -15.8. The zero-order valence-corrected chi connectivity index (χ0v) is 37.3. The molecule has 0 saturated heterocycles. The Morgan fingerprint density at radius 1 is 0.652 bits per heavy atom. The molecule has 4 rings (SSSR count). The van der Waals surface area contributed by atoms with Crippen LogP contribution in [0.2, 0.25) is 0 Å². The van der Waals surface area contributed by atoms with Crippen molar-refractivity contribution in [3.05, 3.63) is 0 Å². The van der Waals surface area contributed by atoms with Crippen LogP contribution in [0.5, 0.6) is 0 Å². The first kappa shape index (κ1) is 46.6.